The second kappa shape index (κ2) is 6.40. The number of likely N-dealkylation sites (tertiary alicyclic amines) is 1. The van der Waals surface area contributed by atoms with Gasteiger partial charge in [0.1, 0.15) is 5.82 Å². The Balaban J connectivity index is 0.00000133. The Morgan fingerprint density at radius 1 is 1.32 bits per heavy atom. The molecule has 2 unspecified atom stereocenters. The molecule has 2 atom stereocenters. The van der Waals surface area contributed by atoms with E-state index in [1.54, 1.807) is 6.07 Å². The highest BCUT2D eigenvalue weighted by molar-refractivity contribution is 6.31. The number of piperidine rings is 1. The summed E-state index contributed by atoms with van der Waals surface area (Å²) in [6.07, 6.45) is 1.26. The summed E-state index contributed by atoms with van der Waals surface area (Å²) < 4.78 is 13.0. The van der Waals surface area contributed by atoms with Crippen LogP contribution in [0.4, 0.5) is 4.39 Å². The van der Waals surface area contributed by atoms with Gasteiger partial charge in [-0.25, -0.2) is 4.39 Å². The van der Waals surface area contributed by atoms with Gasteiger partial charge in [-0.05, 0) is 55.6 Å². The van der Waals surface area contributed by atoms with E-state index in [4.69, 9.17) is 11.6 Å². The van der Waals surface area contributed by atoms with E-state index < -0.39 is 0 Å². The number of hydrogen-bond donors (Lipinski definition) is 1. The smallest absolute Gasteiger partial charge is 0.124 e. The lowest BCUT2D eigenvalue weighted by atomic mass is 9.88. The zero-order valence-electron chi connectivity index (χ0n) is 10.7. The van der Waals surface area contributed by atoms with E-state index in [1.807, 2.05) is 0 Å². The summed E-state index contributed by atoms with van der Waals surface area (Å²) in [6, 6.07) is 4.70. The predicted molar refractivity (Wildman–Crippen MR) is 78.4 cm³/mol. The number of halogens is 3. The first kappa shape index (κ1) is 15.0. The maximum Gasteiger partial charge on any atom is 0.124 e. The molecule has 2 aliphatic rings. The molecule has 2 saturated heterocycles. The summed E-state index contributed by atoms with van der Waals surface area (Å²) in [5.74, 6) is 1.37. The molecule has 0 spiro atoms. The first-order chi connectivity index (χ1) is 8.72. The van der Waals surface area contributed by atoms with Crippen LogP contribution in [0.15, 0.2) is 18.2 Å². The van der Waals surface area contributed by atoms with Gasteiger partial charge in [-0.3, -0.25) is 4.90 Å². The van der Waals surface area contributed by atoms with Crippen LogP contribution >= 0.6 is 24.0 Å². The molecule has 0 aliphatic carbocycles. The van der Waals surface area contributed by atoms with Crippen LogP contribution in [0.25, 0.3) is 0 Å². The Hall–Kier alpha value is -0.350. The van der Waals surface area contributed by atoms with Crippen molar-refractivity contribution in [3.05, 3.63) is 34.6 Å². The maximum atomic E-state index is 13.0. The Morgan fingerprint density at radius 3 is 2.89 bits per heavy atom. The Morgan fingerprint density at radius 2 is 2.11 bits per heavy atom. The Labute approximate surface area is 124 Å². The van der Waals surface area contributed by atoms with Crippen LogP contribution in [0, 0.1) is 17.7 Å². The molecule has 1 aromatic carbocycles. The highest BCUT2D eigenvalue weighted by atomic mass is 35.5. The van der Waals surface area contributed by atoms with Gasteiger partial charge >= 0.3 is 0 Å². The molecule has 2 nitrogen and oxygen atoms in total. The predicted octanol–water partition coefficient (Wildman–Crippen LogP) is 2.94. The lowest BCUT2D eigenvalue weighted by Gasteiger charge is -2.34. The van der Waals surface area contributed by atoms with Gasteiger partial charge in [-0.15, -0.1) is 12.4 Å². The van der Waals surface area contributed by atoms with Crippen LogP contribution in [0.5, 0.6) is 0 Å². The molecule has 1 N–H and O–H groups in total. The van der Waals surface area contributed by atoms with Crippen molar-refractivity contribution in [3.63, 3.8) is 0 Å². The van der Waals surface area contributed by atoms with Crippen molar-refractivity contribution < 1.29 is 4.39 Å². The quantitative estimate of drug-likeness (QED) is 0.904. The zero-order chi connectivity index (χ0) is 12.5. The summed E-state index contributed by atoms with van der Waals surface area (Å²) >= 11 is 6.08. The highest BCUT2D eigenvalue weighted by Crippen LogP contribution is 2.28. The molecule has 0 aromatic heterocycles. The fraction of sp³-hybridized carbons (Fsp3) is 0.571. The minimum Gasteiger partial charge on any atom is -0.316 e. The van der Waals surface area contributed by atoms with Crippen molar-refractivity contribution in [1.82, 2.24) is 10.2 Å². The van der Waals surface area contributed by atoms with E-state index in [1.165, 1.54) is 25.1 Å². The number of nitrogens with one attached hydrogen (secondary N) is 1. The molecule has 0 amide bonds. The van der Waals surface area contributed by atoms with E-state index in [9.17, 15) is 4.39 Å². The SMILES string of the molecule is Cl.Fc1ccc(CN2CCC3CNCC3C2)c(Cl)c1. The summed E-state index contributed by atoms with van der Waals surface area (Å²) in [7, 11) is 0. The average Bonchev–Trinajstić information content (AvgIpc) is 2.80. The van der Waals surface area contributed by atoms with Crippen molar-refractivity contribution in [3.8, 4) is 0 Å². The Bertz CT molecular complexity index is 441. The maximum absolute atomic E-state index is 13.0. The van der Waals surface area contributed by atoms with Gasteiger partial charge in [0.05, 0.1) is 0 Å². The molecule has 2 fully saturated rings. The minimum atomic E-state index is -0.262. The lowest BCUT2D eigenvalue weighted by molar-refractivity contribution is 0.142. The van der Waals surface area contributed by atoms with E-state index >= 15 is 0 Å². The number of benzene rings is 1. The standard InChI is InChI=1S/C14H18ClFN2.ClH/c15-14-5-13(16)2-1-11(14)8-18-4-3-10-6-17-7-12(10)9-18;/h1-2,5,10,12,17H,3-4,6-9H2;1H. The Kier molecular flexibility index (Phi) is 5.07. The topological polar surface area (TPSA) is 15.3 Å². The third-order valence-electron chi connectivity index (χ3n) is 4.20. The third kappa shape index (κ3) is 3.40. The normalized spacial score (nSPS) is 26.8. The number of fused-ring (bicyclic) bond motifs is 1. The number of nitrogens with zero attached hydrogens (tertiary/aromatic N) is 1. The molecular weight excluding hydrogens is 286 g/mol. The molecular formula is C14H19Cl2FN2. The fourth-order valence-electron chi connectivity index (χ4n) is 3.14. The summed E-state index contributed by atoms with van der Waals surface area (Å²) in [5, 5.41) is 4.01. The first-order valence-electron chi connectivity index (χ1n) is 6.59. The van der Waals surface area contributed by atoms with Crippen LogP contribution in [-0.2, 0) is 6.54 Å². The molecule has 2 heterocycles. The summed E-state index contributed by atoms with van der Waals surface area (Å²) in [4.78, 5) is 2.44. The van der Waals surface area contributed by atoms with Gasteiger partial charge in [0, 0.05) is 18.1 Å². The van der Waals surface area contributed by atoms with Gasteiger partial charge in [0.25, 0.3) is 0 Å². The van der Waals surface area contributed by atoms with Crippen LogP contribution in [0.3, 0.4) is 0 Å². The van der Waals surface area contributed by atoms with Crippen molar-refractivity contribution in [2.24, 2.45) is 11.8 Å². The van der Waals surface area contributed by atoms with Crippen LogP contribution in [0.2, 0.25) is 5.02 Å². The first-order valence-corrected chi connectivity index (χ1v) is 6.97. The van der Waals surface area contributed by atoms with E-state index in [-0.39, 0.29) is 18.2 Å². The van der Waals surface area contributed by atoms with E-state index in [0.29, 0.717) is 5.02 Å². The molecule has 3 rings (SSSR count). The van der Waals surface area contributed by atoms with Gasteiger partial charge in [-0.2, -0.15) is 0 Å². The van der Waals surface area contributed by atoms with E-state index in [0.717, 1.165) is 43.6 Å². The molecule has 1 aromatic rings. The molecule has 5 heteroatoms. The van der Waals surface area contributed by atoms with Crippen molar-refractivity contribution in [1.29, 1.82) is 0 Å². The average molecular weight is 305 g/mol. The molecule has 0 bridgehead atoms. The fourth-order valence-corrected chi connectivity index (χ4v) is 3.37. The number of hydrogen-bond acceptors (Lipinski definition) is 2. The van der Waals surface area contributed by atoms with Crippen molar-refractivity contribution in [2.45, 2.75) is 13.0 Å². The van der Waals surface area contributed by atoms with Crippen LogP contribution < -0.4 is 5.32 Å². The molecule has 0 saturated carbocycles. The minimum absolute atomic E-state index is 0. The molecule has 2 aliphatic heterocycles. The third-order valence-corrected chi connectivity index (χ3v) is 4.55. The zero-order valence-corrected chi connectivity index (χ0v) is 12.3. The number of rotatable bonds is 2. The van der Waals surface area contributed by atoms with Crippen LogP contribution in [0.1, 0.15) is 12.0 Å². The monoisotopic (exact) mass is 304 g/mol. The van der Waals surface area contributed by atoms with Crippen molar-refractivity contribution >= 4 is 24.0 Å². The molecule has 106 valence electrons. The van der Waals surface area contributed by atoms with Gasteiger partial charge in [-0.1, -0.05) is 17.7 Å². The van der Waals surface area contributed by atoms with Gasteiger partial charge < -0.3 is 5.32 Å². The molecule has 19 heavy (non-hydrogen) atoms. The largest absolute Gasteiger partial charge is 0.316 e. The summed E-state index contributed by atoms with van der Waals surface area (Å²) in [6.45, 7) is 5.40. The van der Waals surface area contributed by atoms with E-state index in [2.05, 4.69) is 10.2 Å². The summed E-state index contributed by atoms with van der Waals surface area (Å²) in [5.41, 5.74) is 1.03. The van der Waals surface area contributed by atoms with Gasteiger partial charge in [0.15, 0.2) is 0 Å². The second-order valence-corrected chi connectivity index (χ2v) is 5.85. The van der Waals surface area contributed by atoms with Crippen LogP contribution in [-0.4, -0.2) is 31.1 Å². The molecule has 0 radical (unpaired) electrons. The highest BCUT2D eigenvalue weighted by Gasteiger charge is 2.32. The van der Waals surface area contributed by atoms with Gasteiger partial charge in [0.2, 0.25) is 0 Å². The second-order valence-electron chi connectivity index (χ2n) is 5.44. The van der Waals surface area contributed by atoms with Crippen molar-refractivity contribution in [2.75, 3.05) is 26.2 Å². The lowest BCUT2D eigenvalue weighted by Crippen LogP contribution is -2.39.